The maximum absolute atomic E-state index is 3.32. The van der Waals surface area contributed by atoms with Crippen LogP contribution >= 0.6 is 11.3 Å². The lowest BCUT2D eigenvalue weighted by Gasteiger charge is -2.27. The average Bonchev–Trinajstić information content (AvgIpc) is 2.66. The van der Waals surface area contributed by atoms with Gasteiger partial charge in [-0.05, 0) is 50.1 Å². The third-order valence-corrected chi connectivity index (χ3v) is 3.92. The van der Waals surface area contributed by atoms with Gasteiger partial charge >= 0.3 is 0 Å². The first-order chi connectivity index (χ1) is 7.03. The Morgan fingerprint density at radius 2 is 2.20 bits per heavy atom. The molecule has 0 amide bonds. The lowest BCUT2D eigenvalue weighted by molar-refractivity contribution is 0.274. The lowest BCUT2D eigenvalue weighted by Crippen LogP contribution is -2.28. The van der Waals surface area contributed by atoms with Crippen LogP contribution in [0.3, 0.4) is 0 Å². The van der Waals surface area contributed by atoms with Crippen molar-refractivity contribution in [3.8, 4) is 0 Å². The van der Waals surface area contributed by atoms with E-state index >= 15 is 0 Å². The smallest absolute Gasteiger partial charge is 0.00454 e. The Hall–Kier alpha value is -0.340. The van der Waals surface area contributed by atoms with Gasteiger partial charge in [0.15, 0.2) is 0 Å². The lowest BCUT2D eigenvalue weighted by atomic mass is 9.81. The zero-order chi connectivity index (χ0) is 11.3. The Kier molecular flexibility index (Phi) is 4.81. The summed E-state index contributed by atoms with van der Waals surface area (Å²) in [6, 6.07) is 4.99. The van der Waals surface area contributed by atoms with Crippen molar-refractivity contribution in [2.24, 2.45) is 5.41 Å². The second kappa shape index (κ2) is 5.66. The molecule has 0 saturated heterocycles. The molecule has 1 atom stereocenters. The molecular formula is C13H23NS. The van der Waals surface area contributed by atoms with E-state index in [4.69, 9.17) is 0 Å². The molecule has 0 aliphatic heterocycles. The van der Waals surface area contributed by atoms with E-state index in [9.17, 15) is 0 Å². The molecular weight excluding hydrogens is 202 g/mol. The molecule has 1 unspecified atom stereocenters. The van der Waals surface area contributed by atoms with Gasteiger partial charge in [-0.25, -0.2) is 0 Å². The van der Waals surface area contributed by atoms with Crippen LogP contribution in [0, 0.1) is 5.41 Å². The predicted octanol–water partition coefficient (Wildman–Crippen LogP) is 3.70. The molecule has 0 aliphatic rings. The van der Waals surface area contributed by atoms with Crippen LogP contribution in [0.1, 0.15) is 38.5 Å². The molecule has 1 N–H and O–H groups in total. The summed E-state index contributed by atoms with van der Waals surface area (Å²) < 4.78 is 0. The van der Waals surface area contributed by atoms with Gasteiger partial charge in [0.1, 0.15) is 0 Å². The Morgan fingerprint density at radius 3 is 2.73 bits per heavy atom. The maximum atomic E-state index is 3.32. The third-order valence-electron chi connectivity index (χ3n) is 2.98. The van der Waals surface area contributed by atoms with Crippen molar-refractivity contribution in [3.05, 3.63) is 22.4 Å². The van der Waals surface area contributed by atoms with E-state index in [1.807, 2.05) is 18.4 Å². The van der Waals surface area contributed by atoms with Crippen molar-refractivity contribution < 1.29 is 0 Å². The number of nitrogens with one attached hydrogen (secondary N) is 1. The molecule has 2 heteroatoms. The Labute approximate surface area is 97.9 Å². The molecule has 0 aromatic carbocycles. The summed E-state index contributed by atoms with van der Waals surface area (Å²) in [5, 5.41) is 5.48. The maximum Gasteiger partial charge on any atom is 0.00454 e. The van der Waals surface area contributed by atoms with Crippen LogP contribution in [0.15, 0.2) is 17.5 Å². The van der Waals surface area contributed by atoms with Gasteiger partial charge in [0, 0.05) is 10.9 Å². The molecule has 0 bridgehead atoms. The van der Waals surface area contributed by atoms with Crippen LogP contribution in [0.5, 0.6) is 0 Å². The zero-order valence-corrected chi connectivity index (χ0v) is 11.2. The van der Waals surface area contributed by atoms with Gasteiger partial charge in [-0.2, -0.15) is 0 Å². The van der Waals surface area contributed by atoms with E-state index in [0.717, 1.165) is 0 Å². The van der Waals surface area contributed by atoms with E-state index < -0.39 is 0 Å². The van der Waals surface area contributed by atoms with Crippen molar-refractivity contribution in [3.63, 3.8) is 0 Å². The van der Waals surface area contributed by atoms with Crippen LogP contribution in [-0.2, 0) is 6.42 Å². The fraction of sp³-hybridized carbons (Fsp3) is 0.692. The van der Waals surface area contributed by atoms with Crippen LogP contribution in [0.25, 0.3) is 0 Å². The summed E-state index contributed by atoms with van der Waals surface area (Å²) in [5.41, 5.74) is 0.437. The summed E-state index contributed by atoms with van der Waals surface area (Å²) in [6.45, 7) is 7.00. The van der Waals surface area contributed by atoms with E-state index in [1.54, 1.807) is 0 Å². The number of aryl methyl sites for hydroxylation is 1. The van der Waals surface area contributed by atoms with E-state index in [0.29, 0.717) is 11.5 Å². The molecule has 1 aromatic rings. The van der Waals surface area contributed by atoms with Gasteiger partial charge in [0.2, 0.25) is 0 Å². The van der Waals surface area contributed by atoms with E-state index in [1.165, 1.54) is 24.1 Å². The van der Waals surface area contributed by atoms with Crippen molar-refractivity contribution in [2.45, 2.75) is 46.1 Å². The summed E-state index contributed by atoms with van der Waals surface area (Å²) in [5.74, 6) is 0. The number of thiophene rings is 1. The number of hydrogen-bond acceptors (Lipinski definition) is 2. The Balaban J connectivity index is 2.35. The SMILES string of the molecule is CNC(C)CC(C)(C)CCc1cccs1. The molecule has 0 aliphatic carbocycles. The second-order valence-electron chi connectivity index (χ2n) is 5.14. The molecule has 0 saturated carbocycles. The quantitative estimate of drug-likeness (QED) is 0.778. The standard InChI is InChI=1S/C13H23NS/c1-11(14-4)10-13(2,3)8-7-12-6-5-9-15-12/h5-6,9,11,14H,7-8,10H2,1-4H3. The minimum atomic E-state index is 0.437. The summed E-state index contributed by atoms with van der Waals surface area (Å²) >= 11 is 1.87. The first-order valence-corrected chi connectivity index (χ1v) is 6.61. The molecule has 86 valence electrons. The first-order valence-electron chi connectivity index (χ1n) is 5.73. The summed E-state index contributed by atoms with van der Waals surface area (Å²) in [6.07, 6.45) is 3.75. The summed E-state index contributed by atoms with van der Waals surface area (Å²) in [7, 11) is 2.04. The zero-order valence-electron chi connectivity index (χ0n) is 10.3. The van der Waals surface area contributed by atoms with Crippen molar-refractivity contribution >= 4 is 11.3 Å². The third kappa shape index (κ3) is 4.80. The van der Waals surface area contributed by atoms with Crippen LogP contribution in [0.4, 0.5) is 0 Å². The van der Waals surface area contributed by atoms with Gasteiger partial charge in [-0.15, -0.1) is 11.3 Å². The average molecular weight is 225 g/mol. The van der Waals surface area contributed by atoms with Gasteiger partial charge in [-0.3, -0.25) is 0 Å². The molecule has 15 heavy (non-hydrogen) atoms. The van der Waals surface area contributed by atoms with E-state index in [-0.39, 0.29) is 0 Å². The normalized spacial score (nSPS) is 14.1. The van der Waals surface area contributed by atoms with Crippen LogP contribution in [-0.4, -0.2) is 13.1 Å². The number of rotatable bonds is 6. The number of hydrogen-bond donors (Lipinski definition) is 1. The second-order valence-corrected chi connectivity index (χ2v) is 6.17. The van der Waals surface area contributed by atoms with Crippen molar-refractivity contribution in [2.75, 3.05) is 7.05 Å². The monoisotopic (exact) mass is 225 g/mol. The fourth-order valence-corrected chi connectivity index (χ4v) is 2.66. The molecule has 0 fully saturated rings. The topological polar surface area (TPSA) is 12.0 Å². The highest BCUT2D eigenvalue weighted by Gasteiger charge is 2.20. The van der Waals surface area contributed by atoms with Crippen LogP contribution < -0.4 is 5.32 Å². The van der Waals surface area contributed by atoms with Gasteiger partial charge in [0.05, 0.1) is 0 Å². The summed E-state index contributed by atoms with van der Waals surface area (Å²) in [4.78, 5) is 1.51. The Morgan fingerprint density at radius 1 is 1.47 bits per heavy atom. The fourth-order valence-electron chi connectivity index (χ4n) is 1.95. The highest BCUT2D eigenvalue weighted by molar-refractivity contribution is 7.09. The Bertz CT molecular complexity index is 264. The van der Waals surface area contributed by atoms with Gasteiger partial charge in [0.25, 0.3) is 0 Å². The minimum Gasteiger partial charge on any atom is -0.317 e. The molecule has 1 rings (SSSR count). The minimum absolute atomic E-state index is 0.437. The molecule has 0 spiro atoms. The van der Waals surface area contributed by atoms with Gasteiger partial charge < -0.3 is 5.32 Å². The van der Waals surface area contributed by atoms with Crippen molar-refractivity contribution in [1.82, 2.24) is 5.32 Å². The first kappa shape index (κ1) is 12.7. The predicted molar refractivity (Wildman–Crippen MR) is 69.6 cm³/mol. The molecule has 1 nitrogen and oxygen atoms in total. The molecule has 1 heterocycles. The molecule has 0 radical (unpaired) electrons. The largest absolute Gasteiger partial charge is 0.317 e. The van der Waals surface area contributed by atoms with Crippen LogP contribution in [0.2, 0.25) is 0 Å². The highest BCUT2D eigenvalue weighted by Crippen LogP contribution is 2.29. The van der Waals surface area contributed by atoms with Gasteiger partial charge in [-0.1, -0.05) is 19.9 Å². The van der Waals surface area contributed by atoms with E-state index in [2.05, 4.69) is 43.6 Å². The molecule has 1 aromatic heterocycles. The highest BCUT2D eigenvalue weighted by atomic mass is 32.1. The van der Waals surface area contributed by atoms with Crippen molar-refractivity contribution in [1.29, 1.82) is 0 Å².